The molecule has 2 aromatic carbocycles. The number of carbonyl (C=O) groups is 2. The van der Waals surface area contributed by atoms with E-state index in [1.54, 1.807) is 7.11 Å². The van der Waals surface area contributed by atoms with E-state index in [1.807, 2.05) is 36.4 Å². The van der Waals surface area contributed by atoms with Crippen molar-refractivity contribution in [3.8, 4) is 5.75 Å². The molecule has 2 aromatic rings. The second kappa shape index (κ2) is 8.61. The van der Waals surface area contributed by atoms with Gasteiger partial charge >= 0.3 is 0 Å². The van der Waals surface area contributed by atoms with Crippen LogP contribution >= 0.6 is 0 Å². The summed E-state index contributed by atoms with van der Waals surface area (Å²) in [4.78, 5) is 27.6. The molecule has 3 aliphatic rings. The molecule has 168 valence electrons. The van der Waals surface area contributed by atoms with Crippen molar-refractivity contribution in [1.82, 2.24) is 10.2 Å². The van der Waals surface area contributed by atoms with Crippen LogP contribution in [0.5, 0.6) is 5.75 Å². The van der Waals surface area contributed by atoms with E-state index in [9.17, 15) is 9.59 Å². The molecule has 1 N–H and O–H groups in total. The van der Waals surface area contributed by atoms with Crippen molar-refractivity contribution < 1.29 is 14.3 Å². The Morgan fingerprint density at radius 3 is 2.19 bits per heavy atom. The molecule has 1 aliphatic heterocycles. The molecule has 0 bridgehead atoms. The summed E-state index contributed by atoms with van der Waals surface area (Å²) in [6, 6.07) is 16.4. The van der Waals surface area contributed by atoms with E-state index in [1.165, 1.54) is 5.56 Å². The van der Waals surface area contributed by atoms with Gasteiger partial charge in [-0.1, -0.05) is 24.3 Å². The summed E-state index contributed by atoms with van der Waals surface area (Å²) in [5, 5.41) is 3.04. The lowest BCUT2D eigenvalue weighted by molar-refractivity contribution is -0.135. The van der Waals surface area contributed by atoms with Gasteiger partial charge in [-0.2, -0.15) is 0 Å². The van der Waals surface area contributed by atoms with Crippen molar-refractivity contribution in [1.29, 1.82) is 0 Å². The van der Waals surface area contributed by atoms with Gasteiger partial charge in [-0.15, -0.1) is 0 Å². The van der Waals surface area contributed by atoms with Crippen molar-refractivity contribution in [2.24, 2.45) is 5.92 Å². The van der Waals surface area contributed by atoms with Crippen LogP contribution in [0.1, 0.15) is 60.0 Å². The van der Waals surface area contributed by atoms with Gasteiger partial charge in [0.1, 0.15) is 5.75 Å². The van der Waals surface area contributed by atoms with Crippen LogP contribution < -0.4 is 10.1 Å². The Kier molecular flexibility index (Phi) is 5.66. The highest BCUT2D eigenvalue weighted by molar-refractivity contribution is 5.94. The number of benzene rings is 2. The standard InChI is InChI=1S/C27H32N2O3/c1-32-24-10-6-22(7-11-24)27(14-15-27)26(31)29-16-12-20(13-17-29)18-19-2-4-21(5-3-19)25(30)28-23-8-9-23/h2-7,10-11,20,23H,8-9,12-18H2,1H3,(H,28,30). The first-order valence-corrected chi connectivity index (χ1v) is 11.9. The molecule has 2 saturated carbocycles. The number of carbonyl (C=O) groups excluding carboxylic acids is 2. The topological polar surface area (TPSA) is 58.6 Å². The average Bonchev–Trinajstić information content (AvgIpc) is 3.76. The fourth-order valence-electron chi connectivity index (χ4n) is 4.93. The number of hydrogen-bond acceptors (Lipinski definition) is 3. The van der Waals surface area contributed by atoms with Crippen LogP contribution in [-0.2, 0) is 16.6 Å². The van der Waals surface area contributed by atoms with Gasteiger partial charge in [-0.3, -0.25) is 9.59 Å². The maximum Gasteiger partial charge on any atom is 0.251 e. The van der Waals surface area contributed by atoms with E-state index >= 15 is 0 Å². The molecule has 2 amide bonds. The molecule has 5 nitrogen and oxygen atoms in total. The van der Waals surface area contributed by atoms with Crippen molar-refractivity contribution in [2.45, 2.75) is 56.4 Å². The highest BCUT2D eigenvalue weighted by Crippen LogP contribution is 2.50. The first kappa shape index (κ1) is 21.0. The van der Waals surface area contributed by atoms with Gasteiger partial charge in [-0.25, -0.2) is 0 Å². The molecule has 0 radical (unpaired) electrons. The molecule has 2 aliphatic carbocycles. The van der Waals surface area contributed by atoms with Gasteiger partial charge in [0.05, 0.1) is 12.5 Å². The van der Waals surface area contributed by atoms with E-state index in [-0.39, 0.29) is 11.3 Å². The molecule has 5 rings (SSSR count). The van der Waals surface area contributed by atoms with Crippen LogP contribution in [-0.4, -0.2) is 43.0 Å². The van der Waals surface area contributed by atoms with Crippen molar-refractivity contribution in [3.05, 3.63) is 65.2 Å². The van der Waals surface area contributed by atoms with E-state index < -0.39 is 0 Å². The van der Waals surface area contributed by atoms with E-state index in [0.29, 0.717) is 17.9 Å². The summed E-state index contributed by atoms with van der Waals surface area (Å²) in [5.74, 6) is 1.75. The molecule has 1 saturated heterocycles. The average molecular weight is 433 g/mol. The summed E-state index contributed by atoms with van der Waals surface area (Å²) in [5.41, 5.74) is 2.83. The number of methoxy groups -OCH3 is 1. The summed E-state index contributed by atoms with van der Waals surface area (Å²) < 4.78 is 5.26. The lowest BCUT2D eigenvalue weighted by Gasteiger charge is -2.34. The number of ether oxygens (including phenoxy) is 1. The summed E-state index contributed by atoms with van der Waals surface area (Å²) in [7, 11) is 1.66. The van der Waals surface area contributed by atoms with Crippen molar-refractivity contribution in [3.63, 3.8) is 0 Å². The van der Waals surface area contributed by atoms with Gasteiger partial charge in [-0.05, 0) is 86.3 Å². The van der Waals surface area contributed by atoms with Crippen LogP contribution in [0.3, 0.4) is 0 Å². The number of nitrogens with zero attached hydrogens (tertiary/aromatic N) is 1. The number of piperidine rings is 1. The van der Waals surface area contributed by atoms with Crippen LogP contribution in [0.4, 0.5) is 0 Å². The zero-order chi connectivity index (χ0) is 22.1. The summed E-state index contributed by atoms with van der Waals surface area (Å²) in [6.45, 7) is 1.67. The SMILES string of the molecule is COc1ccc(C2(C(=O)N3CCC(Cc4ccc(C(=O)NC5CC5)cc4)CC3)CC2)cc1. The molecular formula is C27H32N2O3. The molecule has 1 heterocycles. The Morgan fingerprint density at radius 2 is 1.62 bits per heavy atom. The molecule has 32 heavy (non-hydrogen) atoms. The molecule has 3 fully saturated rings. The number of nitrogens with one attached hydrogen (secondary N) is 1. The van der Waals surface area contributed by atoms with E-state index in [4.69, 9.17) is 4.74 Å². The number of hydrogen-bond donors (Lipinski definition) is 1. The minimum Gasteiger partial charge on any atom is -0.497 e. The van der Waals surface area contributed by atoms with Gasteiger partial charge < -0.3 is 15.0 Å². The third kappa shape index (κ3) is 4.38. The summed E-state index contributed by atoms with van der Waals surface area (Å²) >= 11 is 0. The number of likely N-dealkylation sites (tertiary alicyclic amines) is 1. The Balaban J connectivity index is 1.14. The monoisotopic (exact) mass is 432 g/mol. The lowest BCUT2D eigenvalue weighted by atomic mass is 9.88. The van der Waals surface area contributed by atoms with Gasteiger partial charge in [0, 0.05) is 24.7 Å². The third-order valence-corrected chi connectivity index (χ3v) is 7.36. The Hall–Kier alpha value is -2.82. The zero-order valence-corrected chi connectivity index (χ0v) is 18.8. The summed E-state index contributed by atoms with van der Waals surface area (Å²) in [6.07, 6.45) is 7.18. The quantitative estimate of drug-likeness (QED) is 0.717. The van der Waals surface area contributed by atoms with Crippen LogP contribution in [0.25, 0.3) is 0 Å². The number of amides is 2. The minimum absolute atomic E-state index is 0.0386. The maximum absolute atomic E-state index is 13.3. The highest BCUT2D eigenvalue weighted by atomic mass is 16.5. The van der Waals surface area contributed by atoms with Crippen LogP contribution in [0.2, 0.25) is 0 Å². The normalized spacial score (nSPS) is 20.0. The van der Waals surface area contributed by atoms with Gasteiger partial charge in [0.25, 0.3) is 5.91 Å². The second-order valence-electron chi connectivity index (χ2n) is 9.69. The third-order valence-electron chi connectivity index (χ3n) is 7.36. The van der Waals surface area contributed by atoms with E-state index in [2.05, 4.69) is 22.3 Å². The largest absolute Gasteiger partial charge is 0.497 e. The zero-order valence-electron chi connectivity index (χ0n) is 18.8. The molecule has 5 heteroatoms. The molecule has 0 spiro atoms. The second-order valence-corrected chi connectivity index (χ2v) is 9.69. The predicted molar refractivity (Wildman–Crippen MR) is 124 cm³/mol. The Morgan fingerprint density at radius 1 is 0.969 bits per heavy atom. The maximum atomic E-state index is 13.3. The predicted octanol–water partition coefficient (Wildman–Crippen LogP) is 4.10. The van der Waals surface area contributed by atoms with Gasteiger partial charge in [0.15, 0.2) is 0 Å². The smallest absolute Gasteiger partial charge is 0.251 e. The van der Waals surface area contributed by atoms with Crippen LogP contribution in [0.15, 0.2) is 48.5 Å². The first-order chi connectivity index (χ1) is 15.6. The lowest BCUT2D eigenvalue weighted by Crippen LogP contribution is -2.44. The van der Waals surface area contributed by atoms with E-state index in [0.717, 1.165) is 74.9 Å². The highest BCUT2D eigenvalue weighted by Gasteiger charge is 2.53. The molecule has 0 aromatic heterocycles. The minimum atomic E-state index is -0.310. The fraction of sp³-hybridized carbons (Fsp3) is 0.481. The first-order valence-electron chi connectivity index (χ1n) is 11.9. The van der Waals surface area contributed by atoms with Crippen molar-refractivity contribution >= 4 is 11.8 Å². The number of rotatable bonds is 7. The Bertz CT molecular complexity index is 967. The molecule has 0 unspecified atom stereocenters. The Labute approximate surface area is 190 Å². The molecule has 0 atom stereocenters. The van der Waals surface area contributed by atoms with Crippen molar-refractivity contribution in [2.75, 3.05) is 20.2 Å². The fourth-order valence-corrected chi connectivity index (χ4v) is 4.93. The van der Waals surface area contributed by atoms with Crippen LogP contribution in [0, 0.1) is 5.92 Å². The van der Waals surface area contributed by atoms with Gasteiger partial charge in [0.2, 0.25) is 5.91 Å². The molecular weight excluding hydrogens is 400 g/mol.